The largest absolute Gasteiger partial charge is 0.398 e. The minimum Gasteiger partial charge on any atom is -0.398 e. The zero-order chi connectivity index (χ0) is 11.1. The second-order valence-corrected chi connectivity index (χ2v) is 4.46. The van der Waals surface area contributed by atoms with E-state index in [0.717, 1.165) is 5.56 Å². The maximum atomic E-state index is 10.5. The van der Waals surface area contributed by atoms with Crippen molar-refractivity contribution >= 4 is 5.69 Å². The molecule has 1 aliphatic heterocycles. The molecular weight excluding hydrogens is 190 g/mol. The van der Waals surface area contributed by atoms with Crippen LogP contribution in [0.5, 0.6) is 0 Å². The first-order chi connectivity index (χ1) is 7.03. The summed E-state index contributed by atoms with van der Waals surface area (Å²) in [7, 11) is 2.01. The lowest BCUT2D eigenvalue weighted by Gasteiger charge is -2.23. The number of nitrogen functional groups attached to an aromatic ring is 1. The van der Waals surface area contributed by atoms with Crippen LogP contribution in [0.1, 0.15) is 18.9 Å². The predicted molar refractivity (Wildman–Crippen MR) is 59.3 cm³/mol. The van der Waals surface area contributed by atoms with Gasteiger partial charge in [0.2, 0.25) is 0 Å². The number of hydrogen-bond acceptors (Lipinski definition) is 4. The van der Waals surface area contributed by atoms with Crippen LogP contribution in [0.4, 0.5) is 5.69 Å². The number of rotatable bonds is 1. The third-order valence-electron chi connectivity index (χ3n) is 3.25. The van der Waals surface area contributed by atoms with Crippen LogP contribution >= 0.6 is 0 Å². The highest BCUT2D eigenvalue weighted by molar-refractivity contribution is 5.48. The Morgan fingerprint density at radius 2 is 2.40 bits per heavy atom. The van der Waals surface area contributed by atoms with Crippen LogP contribution in [0.15, 0.2) is 18.5 Å². The highest BCUT2D eigenvalue weighted by atomic mass is 16.3. The molecule has 0 bridgehead atoms. The molecule has 0 amide bonds. The fraction of sp³-hybridized carbons (Fsp3) is 0.545. The average molecular weight is 207 g/mol. The number of pyridine rings is 1. The first-order valence-corrected chi connectivity index (χ1v) is 5.15. The van der Waals surface area contributed by atoms with E-state index in [1.165, 1.54) is 0 Å². The second-order valence-electron chi connectivity index (χ2n) is 4.46. The second kappa shape index (κ2) is 3.47. The fourth-order valence-corrected chi connectivity index (χ4v) is 2.27. The van der Waals surface area contributed by atoms with Crippen molar-refractivity contribution in [2.24, 2.45) is 0 Å². The Labute approximate surface area is 89.7 Å². The molecular formula is C11H17N3O. The molecule has 2 heterocycles. The van der Waals surface area contributed by atoms with Gasteiger partial charge in [-0.25, -0.2) is 0 Å². The minimum absolute atomic E-state index is 0.370. The molecule has 0 aliphatic carbocycles. The van der Waals surface area contributed by atoms with Crippen LogP contribution in [0.25, 0.3) is 0 Å². The van der Waals surface area contributed by atoms with Gasteiger partial charge in [0.1, 0.15) is 5.60 Å². The Morgan fingerprint density at radius 1 is 1.67 bits per heavy atom. The van der Waals surface area contributed by atoms with Crippen molar-refractivity contribution in [3.8, 4) is 0 Å². The SMILES string of the molecule is CC1CC(O)(c2cnccc2N)CN1C. The Balaban J connectivity index is 2.35. The van der Waals surface area contributed by atoms with Gasteiger partial charge in [0, 0.05) is 36.2 Å². The molecule has 1 fully saturated rings. The van der Waals surface area contributed by atoms with E-state index in [2.05, 4.69) is 16.8 Å². The van der Waals surface area contributed by atoms with Gasteiger partial charge in [0.05, 0.1) is 0 Å². The van der Waals surface area contributed by atoms with Crippen LogP contribution in [-0.2, 0) is 5.60 Å². The molecule has 1 aromatic heterocycles. The number of anilines is 1. The molecule has 4 nitrogen and oxygen atoms in total. The highest BCUT2D eigenvalue weighted by Crippen LogP contribution is 2.36. The van der Waals surface area contributed by atoms with E-state index in [1.807, 2.05) is 7.05 Å². The highest BCUT2D eigenvalue weighted by Gasteiger charge is 2.41. The summed E-state index contributed by atoms with van der Waals surface area (Å²) in [6.45, 7) is 2.72. The number of hydrogen-bond donors (Lipinski definition) is 2. The van der Waals surface area contributed by atoms with E-state index in [1.54, 1.807) is 18.5 Å². The molecule has 3 N–H and O–H groups in total. The Hall–Kier alpha value is -1.13. The summed E-state index contributed by atoms with van der Waals surface area (Å²) < 4.78 is 0. The number of likely N-dealkylation sites (tertiary alicyclic amines) is 1. The smallest absolute Gasteiger partial charge is 0.107 e. The van der Waals surface area contributed by atoms with E-state index in [9.17, 15) is 5.11 Å². The molecule has 0 radical (unpaired) electrons. The average Bonchev–Trinajstić information content (AvgIpc) is 2.42. The molecule has 0 saturated carbocycles. The molecule has 1 saturated heterocycles. The molecule has 0 aromatic carbocycles. The van der Waals surface area contributed by atoms with Crippen molar-refractivity contribution in [1.29, 1.82) is 0 Å². The summed E-state index contributed by atoms with van der Waals surface area (Å²) in [5, 5.41) is 10.5. The Bertz CT molecular complexity index is 357. The van der Waals surface area contributed by atoms with Crippen LogP contribution in [0, 0.1) is 0 Å². The zero-order valence-corrected chi connectivity index (χ0v) is 9.14. The van der Waals surface area contributed by atoms with Gasteiger partial charge in [0.15, 0.2) is 0 Å². The zero-order valence-electron chi connectivity index (χ0n) is 9.14. The Morgan fingerprint density at radius 3 is 2.93 bits per heavy atom. The van der Waals surface area contributed by atoms with Gasteiger partial charge in [0.25, 0.3) is 0 Å². The van der Waals surface area contributed by atoms with Crippen molar-refractivity contribution in [1.82, 2.24) is 9.88 Å². The molecule has 4 heteroatoms. The maximum Gasteiger partial charge on any atom is 0.107 e. The number of aliphatic hydroxyl groups is 1. The number of aromatic nitrogens is 1. The van der Waals surface area contributed by atoms with Gasteiger partial charge in [-0.05, 0) is 26.5 Å². The third kappa shape index (κ3) is 1.70. The van der Waals surface area contributed by atoms with E-state index in [0.29, 0.717) is 24.7 Å². The normalized spacial score (nSPS) is 32.1. The minimum atomic E-state index is -0.841. The Kier molecular flexibility index (Phi) is 2.40. The molecule has 1 aliphatic rings. The lowest BCUT2D eigenvalue weighted by Crippen LogP contribution is -2.30. The van der Waals surface area contributed by atoms with Gasteiger partial charge in [-0.15, -0.1) is 0 Å². The van der Waals surface area contributed by atoms with Crippen molar-refractivity contribution in [3.05, 3.63) is 24.0 Å². The van der Waals surface area contributed by atoms with E-state index in [4.69, 9.17) is 5.73 Å². The number of likely N-dealkylation sites (N-methyl/N-ethyl adjacent to an activating group) is 1. The van der Waals surface area contributed by atoms with Crippen molar-refractivity contribution in [2.75, 3.05) is 19.3 Å². The summed E-state index contributed by atoms with van der Waals surface area (Å²) >= 11 is 0. The molecule has 82 valence electrons. The van der Waals surface area contributed by atoms with Crippen LogP contribution < -0.4 is 5.73 Å². The molecule has 1 aromatic rings. The van der Waals surface area contributed by atoms with Crippen molar-refractivity contribution < 1.29 is 5.11 Å². The lowest BCUT2D eigenvalue weighted by atomic mass is 9.91. The number of nitrogens with zero attached hydrogens (tertiary/aromatic N) is 2. The summed E-state index contributed by atoms with van der Waals surface area (Å²) in [5.41, 5.74) is 6.39. The summed E-state index contributed by atoms with van der Waals surface area (Å²) in [6.07, 6.45) is 4.02. The van der Waals surface area contributed by atoms with Crippen LogP contribution in [0.3, 0.4) is 0 Å². The topological polar surface area (TPSA) is 62.4 Å². The summed E-state index contributed by atoms with van der Waals surface area (Å²) in [6, 6.07) is 2.10. The fourth-order valence-electron chi connectivity index (χ4n) is 2.27. The first-order valence-electron chi connectivity index (χ1n) is 5.15. The summed E-state index contributed by atoms with van der Waals surface area (Å²) in [4.78, 5) is 6.16. The van der Waals surface area contributed by atoms with E-state index >= 15 is 0 Å². The van der Waals surface area contributed by atoms with Gasteiger partial charge in [-0.3, -0.25) is 4.98 Å². The standard InChI is InChI=1S/C11H17N3O/c1-8-5-11(15,7-14(8)2)9-6-13-4-3-10(9)12/h3-4,6,8,15H,5,7H2,1-2H3,(H2,12,13). The van der Waals surface area contributed by atoms with E-state index < -0.39 is 5.60 Å². The van der Waals surface area contributed by atoms with Crippen LogP contribution in [-0.4, -0.2) is 34.6 Å². The molecule has 15 heavy (non-hydrogen) atoms. The number of β-amino-alcohol motifs (C(OH)–C–C–N with tert-alkyl or cyclic N) is 1. The first kappa shape index (κ1) is 10.4. The predicted octanol–water partition coefficient (Wildman–Crippen LogP) is 0.575. The van der Waals surface area contributed by atoms with Gasteiger partial charge in [-0.2, -0.15) is 0 Å². The molecule has 2 atom stereocenters. The van der Waals surface area contributed by atoms with E-state index in [-0.39, 0.29) is 0 Å². The third-order valence-corrected chi connectivity index (χ3v) is 3.25. The van der Waals surface area contributed by atoms with Crippen LogP contribution in [0.2, 0.25) is 0 Å². The van der Waals surface area contributed by atoms with Crippen molar-refractivity contribution in [2.45, 2.75) is 25.0 Å². The van der Waals surface area contributed by atoms with Crippen molar-refractivity contribution in [3.63, 3.8) is 0 Å². The monoisotopic (exact) mass is 207 g/mol. The summed E-state index contributed by atoms with van der Waals surface area (Å²) in [5.74, 6) is 0. The molecule has 0 spiro atoms. The quantitative estimate of drug-likeness (QED) is 0.707. The maximum absolute atomic E-state index is 10.5. The number of nitrogens with two attached hydrogens (primary N) is 1. The van der Waals surface area contributed by atoms with Gasteiger partial charge < -0.3 is 15.7 Å². The van der Waals surface area contributed by atoms with Gasteiger partial charge in [-0.1, -0.05) is 0 Å². The lowest BCUT2D eigenvalue weighted by molar-refractivity contribution is 0.0490. The molecule has 2 rings (SSSR count). The molecule has 2 unspecified atom stereocenters. The van der Waals surface area contributed by atoms with Gasteiger partial charge >= 0.3 is 0 Å².